The fourth-order valence-electron chi connectivity index (χ4n) is 2.22. The van der Waals surface area contributed by atoms with E-state index in [0.29, 0.717) is 18.5 Å². The van der Waals surface area contributed by atoms with E-state index >= 15 is 0 Å². The number of hydrogen-bond acceptors (Lipinski definition) is 10. The minimum absolute atomic E-state index is 0.155. The average Bonchev–Trinajstić information content (AvgIpc) is 2.85. The van der Waals surface area contributed by atoms with Crippen LogP contribution in [0.5, 0.6) is 0 Å². The minimum Gasteiger partial charge on any atom is -0.480 e. The molecule has 0 fully saturated rings. The first-order valence-corrected chi connectivity index (χ1v) is 13.3. The molecule has 0 aliphatic carbocycles. The Kier molecular flexibility index (Phi) is 20.2. The summed E-state index contributed by atoms with van der Waals surface area (Å²) in [5.41, 5.74) is 5.52. The Hall–Kier alpha value is -3.19. The Morgan fingerprint density at radius 2 is 1.46 bits per heavy atom. The van der Waals surface area contributed by atoms with Crippen molar-refractivity contribution in [1.82, 2.24) is 4.90 Å². The van der Waals surface area contributed by atoms with Gasteiger partial charge in [-0.05, 0) is 54.0 Å². The molecule has 0 bridgehead atoms. The molecule has 12 nitrogen and oxygen atoms in total. The van der Waals surface area contributed by atoms with Crippen molar-refractivity contribution in [1.29, 1.82) is 0 Å². The maximum atomic E-state index is 11.9. The summed E-state index contributed by atoms with van der Waals surface area (Å²) in [6, 6.07) is 7.77. The van der Waals surface area contributed by atoms with Crippen LogP contribution >= 0.6 is 15.9 Å². The van der Waals surface area contributed by atoms with Crippen molar-refractivity contribution >= 4 is 45.9 Å². The van der Waals surface area contributed by atoms with Crippen LogP contribution in [-0.2, 0) is 44.7 Å². The van der Waals surface area contributed by atoms with Crippen LogP contribution in [0.3, 0.4) is 0 Å². The number of alkyl halides is 1. The van der Waals surface area contributed by atoms with Crippen molar-refractivity contribution in [2.45, 2.75) is 72.8 Å². The van der Waals surface area contributed by atoms with Crippen LogP contribution in [0.1, 0.15) is 54.0 Å². The van der Waals surface area contributed by atoms with Crippen molar-refractivity contribution in [3.8, 4) is 0 Å². The third kappa shape index (κ3) is 20.4. The molecular formula is C26H41BrN2O10. The number of carbonyl (C=O) groups is 5. The maximum absolute atomic E-state index is 11.9. The number of aliphatic carboxylic acids is 1. The van der Waals surface area contributed by atoms with Gasteiger partial charge < -0.3 is 29.8 Å². The Balaban J connectivity index is 0. The van der Waals surface area contributed by atoms with Gasteiger partial charge >= 0.3 is 30.0 Å². The standard InChI is InChI=1S/C12H21NO6.C10H13NO2.C4H7BrO2/c1-6-18-9(14)7-13(8(2)10(15)16)11(17)19-12(3,4)5;1-8(11)10(12)13-7-9-5-3-2-4-6-9;1-2-7-4(6)3-5/h8H,6-7H2,1-5H3,(H,15,16);2-6,8H,7,11H2,1H3;2-3H2,1H3. The van der Waals surface area contributed by atoms with Crippen molar-refractivity contribution in [3.63, 3.8) is 0 Å². The highest BCUT2D eigenvalue weighted by atomic mass is 79.9. The van der Waals surface area contributed by atoms with Gasteiger partial charge in [0.2, 0.25) is 0 Å². The van der Waals surface area contributed by atoms with Gasteiger partial charge in [0.25, 0.3) is 0 Å². The summed E-state index contributed by atoms with van der Waals surface area (Å²) in [4.78, 5) is 56.1. The van der Waals surface area contributed by atoms with Crippen LogP contribution in [0, 0.1) is 0 Å². The zero-order valence-corrected chi connectivity index (χ0v) is 25.2. The second kappa shape index (κ2) is 20.7. The van der Waals surface area contributed by atoms with Crippen LogP contribution in [0.2, 0.25) is 0 Å². The van der Waals surface area contributed by atoms with Crippen molar-refractivity contribution in [2.24, 2.45) is 5.73 Å². The Morgan fingerprint density at radius 3 is 1.85 bits per heavy atom. The average molecular weight is 622 g/mol. The number of carbonyl (C=O) groups excluding carboxylic acids is 4. The number of ether oxygens (including phenoxy) is 4. The Morgan fingerprint density at radius 1 is 0.949 bits per heavy atom. The van der Waals surface area contributed by atoms with E-state index in [-0.39, 0.29) is 18.5 Å². The quantitative estimate of drug-likeness (QED) is 0.223. The molecule has 0 saturated carbocycles. The molecular weight excluding hydrogens is 580 g/mol. The van der Waals surface area contributed by atoms with Gasteiger partial charge in [-0.1, -0.05) is 46.3 Å². The Labute approximate surface area is 238 Å². The SMILES string of the molecule is CC(N)C(=O)OCc1ccccc1.CCOC(=O)CBr.CCOC(=O)CN(C(=O)OC(C)(C)C)C(C)C(=O)O. The smallest absolute Gasteiger partial charge is 0.411 e. The number of rotatable bonds is 10. The summed E-state index contributed by atoms with van der Waals surface area (Å²) < 4.78 is 19.2. The molecule has 222 valence electrons. The molecule has 1 aromatic carbocycles. The van der Waals surface area contributed by atoms with Gasteiger partial charge in [-0.3, -0.25) is 19.3 Å². The van der Waals surface area contributed by atoms with E-state index in [0.717, 1.165) is 10.5 Å². The van der Waals surface area contributed by atoms with Crippen LogP contribution in [-0.4, -0.2) is 82.8 Å². The lowest BCUT2D eigenvalue weighted by molar-refractivity contribution is -0.148. The number of esters is 3. The molecule has 13 heteroatoms. The first-order chi connectivity index (χ1) is 18.1. The fourth-order valence-corrected chi connectivity index (χ4v) is 2.38. The monoisotopic (exact) mass is 620 g/mol. The molecule has 1 aromatic rings. The summed E-state index contributed by atoms with van der Waals surface area (Å²) >= 11 is 2.94. The van der Waals surface area contributed by atoms with Gasteiger partial charge in [0, 0.05) is 0 Å². The first-order valence-electron chi connectivity index (χ1n) is 12.1. The van der Waals surface area contributed by atoms with Crippen molar-refractivity contribution in [3.05, 3.63) is 35.9 Å². The molecule has 0 aliphatic rings. The normalized spacial score (nSPS) is 11.6. The number of hydrogen-bond donors (Lipinski definition) is 2. The lowest BCUT2D eigenvalue weighted by Crippen LogP contribution is -2.48. The van der Waals surface area contributed by atoms with Gasteiger partial charge in [-0.25, -0.2) is 9.59 Å². The molecule has 0 spiro atoms. The van der Waals surface area contributed by atoms with E-state index in [4.69, 9.17) is 25.1 Å². The highest BCUT2D eigenvalue weighted by molar-refractivity contribution is 9.09. The summed E-state index contributed by atoms with van der Waals surface area (Å²) in [7, 11) is 0. The summed E-state index contributed by atoms with van der Waals surface area (Å²) in [6.07, 6.45) is -0.865. The topological polar surface area (TPSA) is 172 Å². The van der Waals surface area contributed by atoms with Crippen molar-refractivity contribution < 1.29 is 48.0 Å². The maximum Gasteiger partial charge on any atom is 0.411 e. The third-order valence-corrected chi connectivity index (χ3v) is 4.53. The number of nitrogens with two attached hydrogens (primary N) is 1. The molecule has 1 rings (SSSR count). The lowest BCUT2D eigenvalue weighted by atomic mass is 10.2. The van der Waals surface area contributed by atoms with Crippen LogP contribution < -0.4 is 5.73 Å². The molecule has 2 atom stereocenters. The fraction of sp³-hybridized carbons (Fsp3) is 0.577. The Bertz CT molecular complexity index is 888. The number of nitrogens with zero attached hydrogens (tertiary/aromatic N) is 1. The molecule has 0 radical (unpaired) electrons. The number of halogens is 1. The summed E-state index contributed by atoms with van der Waals surface area (Å²) in [5, 5.41) is 9.23. The predicted molar refractivity (Wildman–Crippen MR) is 147 cm³/mol. The highest BCUT2D eigenvalue weighted by Crippen LogP contribution is 2.12. The molecule has 0 saturated heterocycles. The van der Waals surface area contributed by atoms with Gasteiger partial charge in [0.05, 0.1) is 13.2 Å². The zero-order valence-electron chi connectivity index (χ0n) is 23.6. The number of benzene rings is 1. The van der Waals surface area contributed by atoms with Crippen LogP contribution in [0.4, 0.5) is 4.79 Å². The van der Waals surface area contributed by atoms with Gasteiger partial charge in [0.15, 0.2) is 0 Å². The molecule has 0 aliphatic heterocycles. The minimum atomic E-state index is -1.23. The largest absolute Gasteiger partial charge is 0.480 e. The van der Waals surface area contributed by atoms with E-state index < -0.39 is 42.3 Å². The molecule has 1 amide bonds. The van der Waals surface area contributed by atoms with Crippen LogP contribution in [0.25, 0.3) is 0 Å². The van der Waals surface area contributed by atoms with E-state index in [1.807, 2.05) is 30.3 Å². The molecule has 2 unspecified atom stereocenters. The van der Waals surface area contributed by atoms with E-state index in [2.05, 4.69) is 20.7 Å². The van der Waals surface area contributed by atoms with Gasteiger partial charge in [-0.2, -0.15) is 0 Å². The lowest BCUT2D eigenvalue weighted by Gasteiger charge is -2.29. The zero-order chi connectivity index (χ0) is 30.6. The van der Waals surface area contributed by atoms with E-state index in [9.17, 15) is 24.0 Å². The second-order valence-electron chi connectivity index (χ2n) is 8.75. The van der Waals surface area contributed by atoms with E-state index in [1.165, 1.54) is 6.92 Å². The molecule has 0 aromatic heterocycles. The number of carboxylic acids is 1. The third-order valence-electron chi connectivity index (χ3n) is 4.07. The first kappa shape index (κ1) is 38.0. The number of carboxylic acid groups (broad SMARTS) is 1. The van der Waals surface area contributed by atoms with E-state index in [1.54, 1.807) is 41.5 Å². The molecule has 3 N–H and O–H groups in total. The predicted octanol–water partition coefficient (Wildman–Crippen LogP) is 3.28. The second-order valence-corrected chi connectivity index (χ2v) is 9.31. The van der Waals surface area contributed by atoms with Crippen molar-refractivity contribution in [2.75, 3.05) is 25.1 Å². The molecule has 39 heavy (non-hydrogen) atoms. The van der Waals surface area contributed by atoms with Crippen LogP contribution in [0.15, 0.2) is 30.3 Å². The highest BCUT2D eigenvalue weighted by Gasteiger charge is 2.31. The number of amides is 1. The van der Waals surface area contributed by atoms with Gasteiger partial charge in [-0.15, -0.1) is 0 Å². The molecule has 0 heterocycles. The van der Waals surface area contributed by atoms with Gasteiger partial charge in [0.1, 0.15) is 36.2 Å². The summed E-state index contributed by atoms with van der Waals surface area (Å²) in [5.74, 6) is -2.48. The summed E-state index contributed by atoms with van der Waals surface area (Å²) in [6.45, 7) is 11.7.